The fourth-order valence-electron chi connectivity index (χ4n) is 2.22. The van der Waals surface area contributed by atoms with E-state index in [-0.39, 0.29) is 5.91 Å². The van der Waals surface area contributed by atoms with Crippen molar-refractivity contribution >= 4 is 17.5 Å². The number of rotatable bonds is 6. The van der Waals surface area contributed by atoms with E-state index in [1.165, 1.54) is 0 Å². The number of benzene rings is 2. The fourth-order valence-corrected chi connectivity index (χ4v) is 2.45. The Morgan fingerprint density at radius 2 is 1.82 bits per heavy atom. The van der Waals surface area contributed by atoms with Gasteiger partial charge in [0.05, 0.1) is 0 Å². The molecule has 0 saturated heterocycles. The van der Waals surface area contributed by atoms with Gasteiger partial charge in [-0.3, -0.25) is 4.79 Å². The molecule has 0 aromatic heterocycles. The molecule has 0 unspecified atom stereocenters. The fraction of sp³-hybridized carbons (Fsp3) is 0.278. The molecule has 2 aromatic rings. The van der Waals surface area contributed by atoms with Crippen LogP contribution in [-0.2, 0) is 0 Å². The first kappa shape index (κ1) is 16.5. The van der Waals surface area contributed by atoms with Crippen LogP contribution in [0, 0.1) is 0 Å². The molecule has 0 aliphatic carbocycles. The van der Waals surface area contributed by atoms with Crippen LogP contribution in [0.5, 0.6) is 0 Å². The number of carbonyl (C=O) groups is 1. The number of nitrogens with one attached hydrogen (secondary N) is 1. The zero-order chi connectivity index (χ0) is 15.9. The van der Waals surface area contributed by atoms with Crippen LogP contribution < -0.4 is 5.32 Å². The lowest BCUT2D eigenvalue weighted by atomic mass is 10.0. The van der Waals surface area contributed by atoms with Crippen molar-refractivity contribution in [3.63, 3.8) is 0 Å². The molecule has 116 valence electrons. The van der Waals surface area contributed by atoms with Crippen LogP contribution in [0.2, 0.25) is 5.02 Å². The van der Waals surface area contributed by atoms with E-state index in [0.717, 1.165) is 24.1 Å². The lowest BCUT2D eigenvalue weighted by Crippen LogP contribution is -2.27. The second-order valence-corrected chi connectivity index (χ2v) is 5.94. The summed E-state index contributed by atoms with van der Waals surface area (Å²) in [6.45, 7) is 1.61. The first-order valence-electron chi connectivity index (χ1n) is 7.35. The van der Waals surface area contributed by atoms with Crippen LogP contribution in [0.15, 0.2) is 48.5 Å². The second kappa shape index (κ2) is 7.97. The molecule has 1 amide bonds. The maximum Gasteiger partial charge on any atom is 0.251 e. The number of amides is 1. The van der Waals surface area contributed by atoms with E-state index >= 15 is 0 Å². The third kappa shape index (κ3) is 4.86. The molecule has 22 heavy (non-hydrogen) atoms. The highest BCUT2D eigenvalue weighted by molar-refractivity contribution is 6.31. The molecule has 1 N–H and O–H groups in total. The third-order valence-electron chi connectivity index (χ3n) is 3.33. The maximum atomic E-state index is 12.2. The van der Waals surface area contributed by atoms with E-state index in [2.05, 4.69) is 10.2 Å². The van der Waals surface area contributed by atoms with Crippen molar-refractivity contribution in [3.05, 3.63) is 59.1 Å². The highest BCUT2D eigenvalue weighted by Gasteiger charge is 2.09. The quantitative estimate of drug-likeness (QED) is 0.824. The molecule has 0 radical (unpaired) electrons. The van der Waals surface area contributed by atoms with Crippen molar-refractivity contribution in [1.29, 1.82) is 0 Å². The molecule has 0 saturated carbocycles. The normalized spacial score (nSPS) is 10.7. The minimum Gasteiger partial charge on any atom is -0.352 e. The van der Waals surface area contributed by atoms with E-state index in [1.807, 2.05) is 56.6 Å². The van der Waals surface area contributed by atoms with Crippen molar-refractivity contribution in [2.24, 2.45) is 0 Å². The molecule has 2 rings (SSSR count). The Balaban J connectivity index is 2.08. The van der Waals surface area contributed by atoms with Gasteiger partial charge < -0.3 is 10.2 Å². The highest BCUT2D eigenvalue weighted by atomic mass is 35.5. The Morgan fingerprint density at radius 3 is 2.50 bits per heavy atom. The van der Waals surface area contributed by atoms with E-state index in [4.69, 9.17) is 11.6 Å². The molecule has 0 fully saturated rings. The van der Waals surface area contributed by atoms with Gasteiger partial charge in [0.2, 0.25) is 0 Å². The van der Waals surface area contributed by atoms with Gasteiger partial charge in [0, 0.05) is 17.1 Å². The van der Waals surface area contributed by atoms with E-state index < -0.39 is 0 Å². The minimum atomic E-state index is -0.0848. The first-order chi connectivity index (χ1) is 10.6. The van der Waals surface area contributed by atoms with Crippen LogP contribution in [0.3, 0.4) is 0 Å². The molecule has 0 aliphatic heterocycles. The Kier molecular flexibility index (Phi) is 5.99. The third-order valence-corrected chi connectivity index (χ3v) is 3.55. The molecule has 0 spiro atoms. The lowest BCUT2D eigenvalue weighted by molar-refractivity contribution is 0.0952. The summed E-state index contributed by atoms with van der Waals surface area (Å²) >= 11 is 6.16. The number of hydrogen-bond donors (Lipinski definition) is 1. The number of carbonyl (C=O) groups excluding carboxylic acids is 1. The Hall–Kier alpha value is -1.84. The van der Waals surface area contributed by atoms with Crippen LogP contribution in [0.1, 0.15) is 16.8 Å². The zero-order valence-corrected chi connectivity index (χ0v) is 13.7. The molecule has 3 nitrogen and oxygen atoms in total. The van der Waals surface area contributed by atoms with Gasteiger partial charge in [-0.15, -0.1) is 0 Å². The van der Waals surface area contributed by atoms with Gasteiger partial charge in [0.1, 0.15) is 0 Å². The number of halogens is 1. The summed E-state index contributed by atoms with van der Waals surface area (Å²) in [6, 6.07) is 15.4. The summed E-state index contributed by atoms with van der Waals surface area (Å²) in [5.41, 5.74) is 2.59. The largest absolute Gasteiger partial charge is 0.352 e. The van der Waals surface area contributed by atoms with Gasteiger partial charge in [-0.25, -0.2) is 0 Å². The van der Waals surface area contributed by atoms with E-state index in [0.29, 0.717) is 17.1 Å². The van der Waals surface area contributed by atoms with Gasteiger partial charge in [-0.1, -0.05) is 41.9 Å². The molecule has 0 bridgehead atoms. The molecule has 0 heterocycles. The monoisotopic (exact) mass is 316 g/mol. The summed E-state index contributed by atoms with van der Waals surface area (Å²) in [6.07, 6.45) is 0.921. The highest BCUT2D eigenvalue weighted by Crippen LogP contribution is 2.24. The van der Waals surface area contributed by atoms with Gasteiger partial charge >= 0.3 is 0 Å². The van der Waals surface area contributed by atoms with Crippen molar-refractivity contribution in [1.82, 2.24) is 10.2 Å². The summed E-state index contributed by atoms with van der Waals surface area (Å²) in [4.78, 5) is 14.3. The Morgan fingerprint density at radius 1 is 1.09 bits per heavy atom. The molecule has 2 aromatic carbocycles. The molecule has 0 aliphatic rings. The van der Waals surface area contributed by atoms with Crippen LogP contribution in [0.4, 0.5) is 0 Å². The van der Waals surface area contributed by atoms with Crippen molar-refractivity contribution in [3.8, 4) is 11.1 Å². The van der Waals surface area contributed by atoms with E-state index in [1.54, 1.807) is 6.07 Å². The summed E-state index contributed by atoms with van der Waals surface area (Å²) in [5.74, 6) is -0.0848. The van der Waals surface area contributed by atoms with Crippen LogP contribution in [-0.4, -0.2) is 38.0 Å². The smallest absolute Gasteiger partial charge is 0.251 e. The average molecular weight is 317 g/mol. The molecule has 0 atom stereocenters. The van der Waals surface area contributed by atoms with Crippen molar-refractivity contribution < 1.29 is 4.79 Å². The summed E-state index contributed by atoms with van der Waals surface area (Å²) < 4.78 is 0. The zero-order valence-electron chi connectivity index (χ0n) is 13.0. The summed E-state index contributed by atoms with van der Waals surface area (Å²) in [7, 11) is 4.04. The standard InChI is InChI=1S/C18H21ClN2O/c1-21(2)10-6-9-20-18(22)16-11-15(12-17(19)13-16)14-7-4-3-5-8-14/h3-5,7-8,11-13H,6,9-10H2,1-2H3,(H,20,22). The average Bonchev–Trinajstić information content (AvgIpc) is 2.51. The minimum absolute atomic E-state index is 0.0848. The van der Waals surface area contributed by atoms with Crippen LogP contribution >= 0.6 is 11.6 Å². The van der Waals surface area contributed by atoms with Gasteiger partial charge in [0.25, 0.3) is 5.91 Å². The Labute approximate surface area is 136 Å². The second-order valence-electron chi connectivity index (χ2n) is 5.51. The maximum absolute atomic E-state index is 12.2. The van der Waals surface area contributed by atoms with Gasteiger partial charge in [-0.2, -0.15) is 0 Å². The molecular formula is C18H21ClN2O. The van der Waals surface area contributed by atoms with Crippen molar-refractivity contribution in [2.75, 3.05) is 27.2 Å². The lowest BCUT2D eigenvalue weighted by Gasteiger charge is -2.11. The predicted octanol–water partition coefficient (Wildman–Crippen LogP) is 3.69. The van der Waals surface area contributed by atoms with Crippen LogP contribution in [0.25, 0.3) is 11.1 Å². The number of nitrogens with zero attached hydrogens (tertiary/aromatic N) is 1. The van der Waals surface area contributed by atoms with Gasteiger partial charge in [0.15, 0.2) is 0 Å². The number of hydrogen-bond acceptors (Lipinski definition) is 2. The van der Waals surface area contributed by atoms with Gasteiger partial charge in [-0.05, 0) is 56.4 Å². The predicted molar refractivity (Wildman–Crippen MR) is 92.4 cm³/mol. The first-order valence-corrected chi connectivity index (χ1v) is 7.73. The molecule has 4 heteroatoms. The van der Waals surface area contributed by atoms with E-state index in [9.17, 15) is 4.79 Å². The van der Waals surface area contributed by atoms with Crippen molar-refractivity contribution in [2.45, 2.75) is 6.42 Å². The Bertz CT molecular complexity index is 626. The topological polar surface area (TPSA) is 32.3 Å². The molecular weight excluding hydrogens is 296 g/mol. The summed E-state index contributed by atoms with van der Waals surface area (Å²) in [5, 5.41) is 3.51. The SMILES string of the molecule is CN(C)CCCNC(=O)c1cc(Cl)cc(-c2ccccc2)c1.